The third-order valence-corrected chi connectivity index (χ3v) is 4.90. The van der Waals surface area contributed by atoms with Gasteiger partial charge in [-0.3, -0.25) is 4.79 Å². The van der Waals surface area contributed by atoms with E-state index in [9.17, 15) is 9.59 Å². The molecule has 1 aromatic carbocycles. The molecule has 130 valence electrons. The Balaban J connectivity index is 1.65. The van der Waals surface area contributed by atoms with E-state index in [4.69, 9.17) is 9.47 Å². The van der Waals surface area contributed by atoms with Crippen LogP contribution in [0.3, 0.4) is 0 Å². The third-order valence-electron chi connectivity index (χ3n) is 4.90. The highest BCUT2D eigenvalue weighted by Gasteiger charge is 2.43. The van der Waals surface area contributed by atoms with Gasteiger partial charge in [-0.1, -0.05) is 49.6 Å². The van der Waals surface area contributed by atoms with E-state index < -0.39 is 11.6 Å². The Hall–Kier alpha value is -1.88. The smallest absolute Gasteiger partial charge is 0.332 e. The molecule has 0 bridgehead atoms. The van der Waals surface area contributed by atoms with Gasteiger partial charge in [0.2, 0.25) is 5.91 Å². The molecule has 0 aromatic heterocycles. The van der Waals surface area contributed by atoms with Gasteiger partial charge in [-0.05, 0) is 31.2 Å². The number of benzene rings is 1. The average Bonchev–Trinajstić information content (AvgIpc) is 3.16. The maximum Gasteiger partial charge on any atom is 0.332 e. The van der Waals surface area contributed by atoms with Crippen molar-refractivity contribution in [3.63, 3.8) is 0 Å². The molecule has 1 aliphatic carbocycles. The number of amides is 1. The third kappa shape index (κ3) is 3.96. The molecular formula is C19H25NO4. The number of nitrogens with one attached hydrogen (secondary N) is 1. The summed E-state index contributed by atoms with van der Waals surface area (Å²) >= 11 is 0. The summed E-state index contributed by atoms with van der Waals surface area (Å²) in [6, 6.07) is 9.60. The molecule has 0 radical (unpaired) electrons. The van der Waals surface area contributed by atoms with E-state index in [0.29, 0.717) is 19.4 Å². The topological polar surface area (TPSA) is 64.6 Å². The highest BCUT2D eigenvalue weighted by Crippen LogP contribution is 2.30. The van der Waals surface area contributed by atoms with Crippen LogP contribution in [0.15, 0.2) is 30.3 Å². The Labute approximate surface area is 142 Å². The molecule has 1 saturated carbocycles. The zero-order chi connectivity index (χ0) is 16.8. The maximum atomic E-state index is 12.8. The summed E-state index contributed by atoms with van der Waals surface area (Å²) in [6.45, 7) is 0.848. The van der Waals surface area contributed by atoms with E-state index in [1.165, 1.54) is 0 Å². The molecular weight excluding hydrogens is 306 g/mol. The maximum absolute atomic E-state index is 12.8. The van der Waals surface area contributed by atoms with Crippen molar-refractivity contribution >= 4 is 11.9 Å². The largest absolute Gasteiger partial charge is 0.459 e. The van der Waals surface area contributed by atoms with Crippen molar-refractivity contribution in [3.8, 4) is 0 Å². The van der Waals surface area contributed by atoms with Gasteiger partial charge in [0.1, 0.15) is 18.2 Å². The Bertz CT molecular complexity index is 560. The number of hydrogen-bond donors (Lipinski definition) is 1. The molecule has 2 aliphatic rings. The van der Waals surface area contributed by atoms with Crippen LogP contribution in [0.2, 0.25) is 0 Å². The van der Waals surface area contributed by atoms with Crippen molar-refractivity contribution in [2.75, 3.05) is 6.61 Å². The second-order valence-electron chi connectivity index (χ2n) is 6.70. The lowest BCUT2D eigenvalue weighted by atomic mass is 9.81. The fourth-order valence-corrected chi connectivity index (χ4v) is 3.50. The first kappa shape index (κ1) is 17.0. The summed E-state index contributed by atoms with van der Waals surface area (Å²) in [6.07, 6.45) is 5.40. The van der Waals surface area contributed by atoms with Crippen molar-refractivity contribution in [1.29, 1.82) is 0 Å². The first-order valence-corrected chi connectivity index (χ1v) is 8.84. The Morgan fingerprint density at radius 3 is 2.54 bits per heavy atom. The summed E-state index contributed by atoms with van der Waals surface area (Å²) in [5.74, 6) is -0.497. The fourth-order valence-electron chi connectivity index (χ4n) is 3.50. The van der Waals surface area contributed by atoms with E-state index in [-0.39, 0.29) is 18.5 Å². The van der Waals surface area contributed by atoms with E-state index in [1.54, 1.807) is 0 Å². The fraction of sp³-hybridized carbons (Fsp3) is 0.579. The second kappa shape index (κ2) is 7.79. The van der Waals surface area contributed by atoms with Gasteiger partial charge in [0.25, 0.3) is 0 Å². The number of hydrogen-bond acceptors (Lipinski definition) is 4. The minimum absolute atomic E-state index is 0.175. The molecule has 0 spiro atoms. The lowest BCUT2D eigenvalue weighted by Gasteiger charge is -2.36. The highest BCUT2D eigenvalue weighted by atomic mass is 16.5. The summed E-state index contributed by atoms with van der Waals surface area (Å²) in [4.78, 5) is 25.2. The normalized spacial score (nSPS) is 22.8. The first-order chi connectivity index (χ1) is 11.7. The molecule has 1 unspecified atom stereocenters. The number of esters is 1. The molecule has 1 atom stereocenters. The van der Waals surface area contributed by atoms with Crippen molar-refractivity contribution in [2.45, 2.75) is 63.2 Å². The molecule has 2 fully saturated rings. The van der Waals surface area contributed by atoms with Crippen LogP contribution < -0.4 is 5.32 Å². The van der Waals surface area contributed by atoms with Crippen LogP contribution in [0.4, 0.5) is 0 Å². The number of carbonyl (C=O) groups is 2. The van der Waals surface area contributed by atoms with Gasteiger partial charge in [0, 0.05) is 6.61 Å². The van der Waals surface area contributed by atoms with Gasteiger partial charge in [-0.2, -0.15) is 0 Å². The monoisotopic (exact) mass is 331 g/mol. The molecule has 3 rings (SSSR count). The summed E-state index contributed by atoms with van der Waals surface area (Å²) in [7, 11) is 0. The van der Waals surface area contributed by atoms with E-state index >= 15 is 0 Å². The van der Waals surface area contributed by atoms with Crippen molar-refractivity contribution in [3.05, 3.63) is 35.9 Å². The zero-order valence-electron chi connectivity index (χ0n) is 14.0. The van der Waals surface area contributed by atoms with Crippen LogP contribution >= 0.6 is 0 Å². The number of rotatable bonds is 5. The van der Waals surface area contributed by atoms with Gasteiger partial charge in [-0.15, -0.1) is 0 Å². The highest BCUT2D eigenvalue weighted by molar-refractivity contribution is 5.90. The van der Waals surface area contributed by atoms with E-state index in [0.717, 1.165) is 37.7 Å². The molecule has 24 heavy (non-hydrogen) atoms. The zero-order valence-corrected chi connectivity index (χ0v) is 14.0. The van der Waals surface area contributed by atoms with Gasteiger partial charge in [-0.25, -0.2) is 4.79 Å². The predicted octanol–water partition coefficient (Wildman–Crippen LogP) is 2.73. The van der Waals surface area contributed by atoms with Gasteiger partial charge in [0.05, 0.1) is 0 Å². The molecule has 1 heterocycles. The van der Waals surface area contributed by atoms with E-state index in [2.05, 4.69) is 5.32 Å². The van der Waals surface area contributed by atoms with Crippen molar-refractivity contribution in [1.82, 2.24) is 5.32 Å². The lowest BCUT2D eigenvalue weighted by Crippen LogP contribution is -2.58. The molecule has 1 saturated heterocycles. The van der Waals surface area contributed by atoms with Gasteiger partial charge < -0.3 is 14.8 Å². The molecule has 5 nitrogen and oxygen atoms in total. The van der Waals surface area contributed by atoms with Crippen LogP contribution in [0.5, 0.6) is 0 Å². The summed E-state index contributed by atoms with van der Waals surface area (Å²) < 4.78 is 11.0. The molecule has 1 N–H and O–H groups in total. The molecule has 1 aliphatic heterocycles. The first-order valence-electron chi connectivity index (χ1n) is 8.84. The summed E-state index contributed by atoms with van der Waals surface area (Å²) in [5.41, 5.74) is 0.0537. The van der Waals surface area contributed by atoms with Crippen LogP contribution in [-0.4, -0.2) is 30.1 Å². The van der Waals surface area contributed by atoms with Gasteiger partial charge >= 0.3 is 5.97 Å². The minimum atomic E-state index is -0.893. The lowest BCUT2D eigenvalue weighted by molar-refractivity contribution is -0.158. The molecule has 1 aromatic rings. The second-order valence-corrected chi connectivity index (χ2v) is 6.70. The standard InChI is InChI=1S/C19H25NO4/c21-17(16-10-7-13-23-16)20-19(11-5-2-6-12-19)18(22)24-14-15-8-3-1-4-9-15/h1,3-4,8-9,16H,2,5-7,10-14H2,(H,20,21). The Morgan fingerprint density at radius 1 is 1.12 bits per heavy atom. The van der Waals surface area contributed by atoms with Crippen LogP contribution in [-0.2, 0) is 25.7 Å². The Kier molecular flexibility index (Phi) is 5.51. The minimum Gasteiger partial charge on any atom is -0.459 e. The number of carbonyl (C=O) groups excluding carboxylic acids is 2. The van der Waals surface area contributed by atoms with Crippen LogP contribution in [0.25, 0.3) is 0 Å². The molecule has 5 heteroatoms. The predicted molar refractivity (Wildman–Crippen MR) is 89.2 cm³/mol. The average molecular weight is 331 g/mol. The van der Waals surface area contributed by atoms with Crippen LogP contribution in [0.1, 0.15) is 50.5 Å². The van der Waals surface area contributed by atoms with Crippen LogP contribution in [0, 0.1) is 0 Å². The van der Waals surface area contributed by atoms with E-state index in [1.807, 2.05) is 30.3 Å². The van der Waals surface area contributed by atoms with Crippen molar-refractivity contribution in [2.24, 2.45) is 0 Å². The SMILES string of the molecule is O=C(NC1(C(=O)OCc2ccccc2)CCCCC1)C1CCCO1. The quantitative estimate of drug-likeness (QED) is 0.843. The van der Waals surface area contributed by atoms with Crippen molar-refractivity contribution < 1.29 is 19.1 Å². The van der Waals surface area contributed by atoms with Gasteiger partial charge in [0.15, 0.2) is 0 Å². The Morgan fingerprint density at radius 2 is 1.88 bits per heavy atom. The molecule has 1 amide bonds. The summed E-state index contributed by atoms with van der Waals surface area (Å²) in [5, 5.41) is 2.97. The number of ether oxygens (including phenoxy) is 2.